The number of aromatic nitrogens is 1. The number of ether oxygens (including phenoxy) is 1. The van der Waals surface area contributed by atoms with Gasteiger partial charge in [0.1, 0.15) is 5.69 Å². The molecule has 1 rings (SSSR count). The van der Waals surface area contributed by atoms with E-state index in [0.29, 0.717) is 12.3 Å². The van der Waals surface area contributed by atoms with E-state index < -0.39 is 0 Å². The number of carbonyl (C=O) groups excluding carboxylic acids is 1. The fourth-order valence-corrected chi connectivity index (χ4v) is 0.986. The van der Waals surface area contributed by atoms with Crippen LogP contribution in [0.2, 0.25) is 0 Å². The maximum atomic E-state index is 11.2. The number of rotatable bonds is 2. The minimum absolute atomic E-state index is 0.364. The fraction of sp³-hybridized carbons (Fsp3) is 0.375. The van der Waals surface area contributed by atoms with Gasteiger partial charge in [-0.15, -0.1) is 0 Å². The molecule has 0 saturated heterocycles. The van der Waals surface area contributed by atoms with Gasteiger partial charge in [-0.3, -0.25) is 4.68 Å². The lowest BCUT2D eigenvalue weighted by Crippen LogP contribution is -2.16. The van der Waals surface area contributed by atoms with Crippen molar-refractivity contribution in [3.8, 4) is 0 Å². The maximum Gasteiger partial charge on any atom is 0.356 e. The van der Waals surface area contributed by atoms with Crippen molar-refractivity contribution in [2.75, 3.05) is 12.4 Å². The highest BCUT2D eigenvalue weighted by Crippen LogP contribution is 2.05. The van der Waals surface area contributed by atoms with Gasteiger partial charge in [-0.1, -0.05) is 0 Å². The monoisotopic (exact) mass is 168 g/mol. The number of nitrogen functional groups attached to an aromatic ring is 1. The summed E-state index contributed by atoms with van der Waals surface area (Å²) in [6, 6.07) is 1.69. The van der Waals surface area contributed by atoms with E-state index in [1.54, 1.807) is 19.2 Å². The average Bonchev–Trinajstić information content (AvgIpc) is 2.30. The van der Waals surface area contributed by atoms with Crippen LogP contribution < -0.4 is 5.84 Å². The molecule has 0 aliphatic heterocycles. The van der Waals surface area contributed by atoms with Crippen LogP contribution in [0, 0.1) is 6.92 Å². The Labute approximate surface area is 70.9 Å². The van der Waals surface area contributed by atoms with Crippen LogP contribution in [0.25, 0.3) is 0 Å². The molecule has 12 heavy (non-hydrogen) atoms. The molecule has 0 bridgehead atoms. The van der Waals surface area contributed by atoms with Crippen molar-refractivity contribution in [1.82, 2.24) is 4.68 Å². The van der Waals surface area contributed by atoms with Crippen LogP contribution in [0.5, 0.6) is 0 Å². The van der Waals surface area contributed by atoms with Crippen LogP contribution in [-0.4, -0.2) is 17.3 Å². The quantitative estimate of drug-likeness (QED) is 0.522. The van der Waals surface area contributed by atoms with Crippen molar-refractivity contribution in [2.45, 2.75) is 13.8 Å². The highest BCUT2D eigenvalue weighted by molar-refractivity contribution is 5.88. The number of nitrogens with zero attached hydrogens (tertiary/aromatic N) is 1. The Balaban J connectivity index is 2.87. The van der Waals surface area contributed by atoms with Crippen LogP contribution in [0.4, 0.5) is 0 Å². The summed E-state index contributed by atoms with van der Waals surface area (Å²) < 4.78 is 6.05. The van der Waals surface area contributed by atoms with E-state index in [-0.39, 0.29) is 5.97 Å². The molecule has 0 unspecified atom stereocenters. The van der Waals surface area contributed by atoms with Crippen molar-refractivity contribution in [3.63, 3.8) is 0 Å². The molecule has 0 aliphatic rings. The van der Waals surface area contributed by atoms with Crippen LogP contribution >= 0.6 is 0 Å². The molecule has 1 aromatic rings. The second-order valence-electron chi connectivity index (χ2n) is 2.53. The fourth-order valence-electron chi connectivity index (χ4n) is 0.986. The molecule has 0 saturated carbocycles. The number of hydrogen-bond acceptors (Lipinski definition) is 3. The second kappa shape index (κ2) is 3.30. The number of hydrogen-bond donors (Lipinski definition) is 1. The Morgan fingerprint density at radius 3 is 2.83 bits per heavy atom. The predicted octanol–water partition coefficient (Wildman–Crippen LogP) is 0.687. The van der Waals surface area contributed by atoms with Gasteiger partial charge in [0.05, 0.1) is 6.61 Å². The highest BCUT2D eigenvalue weighted by Gasteiger charge is 2.11. The zero-order valence-corrected chi connectivity index (χ0v) is 7.20. The summed E-state index contributed by atoms with van der Waals surface area (Å²) in [4.78, 5) is 11.2. The number of nitrogens with two attached hydrogens (primary N) is 1. The van der Waals surface area contributed by atoms with E-state index in [4.69, 9.17) is 10.6 Å². The van der Waals surface area contributed by atoms with Crippen molar-refractivity contribution in [2.24, 2.45) is 0 Å². The lowest BCUT2D eigenvalue weighted by molar-refractivity contribution is 0.0516. The molecule has 2 N–H and O–H groups in total. The number of aryl methyl sites for hydroxylation is 1. The lowest BCUT2D eigenvalue weighted by Gasteiger charge is -2.01. The van der Waals surface area contributed by atoms with E-state index >= 15 is 0 Å². The Hall–Kier alpha value is -1.45. The van der Waals surface area contributed by atoms with E-state index in [9.17, 15) is 4.79 Å². The maximum absolute atomic E-state index is 11.2. The largest absolute Gasteiger partial charge is 0.461 e. The molecular weight excluding hydrogens is 156 g/mol. The summed E-state index contributed by atoms with van der Waals surface area (Å²) in [5.74, 6) is 5.11. The third kappa shape index (κ3) is 1.58. The van der Waals surface area contributed by atoms with Crippen molar-refractivity contribution in [1.29, 1.82) is 0 Å². The molecular formula is C8H12N2O2. The van der Waals surface area contributed by atoms with Crippen molar-refractivity contribution in [3.05, 3.63) is 23.5 Å². The minimum Gasteiger partial charge on any atom is -0.461 e. The van der Waals surface area contributed by atoms with Gasteiger partial charge in [0, 0.05) is 6.20 Å². The molecule has 4 nitrogen and oxygen atoms in total. The smallest absolute Gasteiger partial charge is 0.356 e. The van der Waals surface area contributed by atoms with E-state index in [0.717, 1.165) is 5.56 Å². The number of carbonyl (C=O) groups is 1. The summed E-state index contributed by atoms with van der Waals surface area (Å²) >= 11 is 0. The Morgan fingerprint density at radius 1 is 1.75 bits per heavy atom. The van der Waals surface area contributed by atoms with E-state index in [1.807, 2.05) is 6.92 Å². The molecule has 0 fully saturated rings. The first kappa shape index (κ1) is 8.64. The standard InChI is InChI=1S/C8H12N2O2/c1-3-12-8(11)7-4-6(2)5-10(7)9/h4-5H,3,9H2,1-2H3. The molecule has 0 aromatic carbocycles. The minimum atomic E-state index is -0.381. The van der Waals surface area contributed by atoms with Crippen LogP contribution in [-0.2, 0) is 4.74 Å². The molecule has 0 atom stereocenters. The SMILES string of the molecule is CCOC(=O)c1cc(C)cn1N. The summed E-state index contributed by atoms with van der Waals surface area (Å²) in [6.45, 7) is 3.99. The molecule has 4 heteroatoms. The van der Waals surface area contributed by atoms with Gasteiger partial charge in [0.15, 0.2) is 0 Å². The zero-order valence-electron chi connectivity index (χ0n) is 7.20. The third-order valence-corrected chi connectivity index (χ3v) is 1.47. The summed E-state index contributed by atoms with van der Waals surface area (Å²) in [5.41, 5.74) is 1.33. The van der Waals surface area contributed by atoms with Gasteiger partial charge in [0.2, 0.25) is 0 Å². The first-order valence-corrected chi connectivity index (χ1v) is 3.76. The molecule has 0 spiro atoms. The molecule has 1 heterocycles. The first-order valence-electron chi connectivity index (χ1n) is 3.76. The number of esters is 1. The predicted molar refractivity (Wildman–Crippen MR) is 45.3 cm³/mol. The van der Waals surface area contributed by atoms with Gasteiger partial charge in [0.25, 0.3) is 0 Å². The van der Waals surface area contributed by atoms with Gasteiger partial charge in [-0.2, -0.15) is 0 Å². The lowest BCUT2D eigenvalue weighted by atomic mass is 10.3. The van der Waals surface area contributed by atoms with Crippen LogP contribution in [0.15, 0.2) is 12.3 Å². The molecule has 0 amide bonds. The zero-order chi connectivity index (χ0) is 9.14. The summed E-state index contributed by atoms with van der Waals surface area (Å²) in [6.07, 6.45) is 1.67. The first-order chi connectivity index (χ1) is 5.65. The molecule has 0 radical (unpaired) electrons. The van der Waals surface area contributed by atoms with Gasteiger partial charge < -0.3 is 10.6 Å². The Morgan fingerprint density at radius 2 is 2.42 bits per heavy atom. The van der Waals surface area contributed by atoms with Crippen molar-refractivity contribution < 1.29 is 9.53 Å². The molecule has 0 aliphatic carbocycles. The van der Waals surface area contributed by atoms with Gasteiger partial charge in [-0.05, 0) is 25.5 Å². The second-order valence-corrected chi connectivity index (χ2v) is 2.53. The van der Waals surface area contributed by atoms with Crippen LogP contribution in [0.3, 0.4) is 0 Å². The normalized spacial score (nSPS) is 9.83. The Kier molecular flexibility index (Phi) is 2.38. The highest BCUT2D eigenvalue weighted by atomic mass is 16.5. The third-order valence-electron chi connectivity index (χ3n) is 1.47. The average molecular weight is 168 g/mol. The molecule has 66 valence electrons. The Bertz CT molecular complexity index is 291. The van der Waals surface area contributed by atoms with Gasteiger partial charge in [-0.25, -0.2) is 4.79 Å². The van der Waals surface area contributed by atoms with E-state index in [1.165, 1.54) is 4.68 Å². The van der Waals surface area contributed by atoms with Gasteiger partial charge >= 0.3 is 5.97 Å². The summed E-state index contributed by atoms with van der Waals surface area (Å²) in [5, 5.41) is 0. The van der Waals surface area contributed by atoms with Crippen LogP contribution in [0.1, 0.15) is 23.0 Å². The van der Waals surface area contributed by atoms with E-state index in [2.05, 4.69) is 0 Å². The molecule has 1 aromatic heterocycles. The summed E-state index contributed by atoms with van der Waals surface area (Å²) in [7, 11) is 0. The topological polar surface area (TPSA) is 57.2 Å². The van der Waals surface area contributed by atoms with Crippen molar-refractivity contribution >= 4 is 5.97 Å².